The minimum atomic E-state index is -1.81. The van der Waals surface area contributed by atoms with Crippen molar-refractivity contribution >= 4 is 5.97 Å². The second kappa shape index (κ2) is 5.24. The Kier molecular flexibility index (Phi) is 3.64. The van der Waals surface area contributed by atoms with Gasteiger partial charge in [-0.05, 0) is 6.92 Å². The summed E-state index contributed by atoms with van der Waals surface area (Å²) in [5.41, 5.74) is 0.134. The zero-order chi connectivity index (χ0) is 14.9. The van der Waals surface area contributed by atoms with Gasteiger partial charge in [0, 0.05) is 12.3 Å². The summed E-state index contributed by atoms with van der Waals surface area (Å²) >= 11 is 0. The third-order valence-corrected chi connectivity index (χ3v) is 2.26. The molecule has 0 radical (unpaired) electrons. The molecule has 2 aromatic rings. The molecule has 2 rings (SSSR count). The molecular formula is C12H6F4N2O2. The number of esters is 1. The van der Waals surface area contributed by atoms with E-state index in [1.807, 2.05) is 0 Å². The van der Waals surface area contributed by atoms with Gasteiger partial charge in [0.05, 0.1) is 11.9 Å². The Morgan fingerprint density at radius 2 is 1.65 bits per heavy atom. The molecule has 0 atom stereocenters. The maximum Gasteiger partial charge on any atom is 0.364 e. The van der Waals surface area contributed by atoms with Crippen molar-refractivity contribution < 1.29 is 27.1 Å². The van der Waals surface area contributed by atoms with E-state index in [-0.39, 0.29) is 11.8 Å². The summed E-state index contributed by atoms with van der Waals surface area (Å²) < 4.78 is 56.7. The summed E-state index contributed by atoms with van der Waals surface area (Å²) in [6, 6.07) is 0.00762. The summed E-state index contributed by atoms with van der Waals surface area (Å²) in [6.45, 7) is 1.60. The van der Waals surface area contributed by atoms with Crippen molar-refractivity contribution in [3.63, 3.8) is 0 Å². The fourth-order valence-electron chi connectivity index (χ4n) is 1.28. The summed E-state index contributed by atoms with van der Waals surface area (Å²) in [7, 11) is 0. The maximum atomic E-state index is 13.3. The minimum Gasteiger partial charge on any atom is -0.415 e. The fourth-order valence-corrected chi connectivity index (χ4v) is 1.28. The topological polar surface area (TPSA) is 52.1 Å². The number of hydrogen-bond acceptors (Lipinski definition) is 4. The number of carbonyl (C=O) groups excluding carboxylic acids is 1. The number of benzene rings is 1. The standard InChI is InChI=1S/C12H6F4N2O2/c1-5-3-18-8(4-17-5)12(19)20-11-9(15)6(13)2-7(14)10(11)16/h2-4H,1H3. The van der Waals surface area contributed by atoms with Crippen LogP contribution in [0.4, 0.5) is 17.6 Å². The van der Waals surface area contributed by atoms with Gasteiger partial charge in [-0.2, -0.15) is 8.78 Å². The normalized spacial score (nSPS) is 10.4. The van der Waals surface area contributed by atoms with Crippen LogP contribution in [-0.4, -0.2) is 15.9 Å². The predicted molar refractivity (Wildman–Crippen MR) is 58.0 cm³/mol. The van der Waals surface area contributed by atoms with Gasteiger partial charge in [-0.25, -0.2) is 18.6 Å². The first-order valence-electron chi connectivity index (χ1n) is 5.24. The van der Waals surface area contributed by atoms with Gasteiger partial charge >= 0.3 is 5.97 Å². The molecule has 0 fully saturated rings. The predicted octanol–water partition coefficient (Wildman–Crippen LogP) is 2.56. The lowest BCUT2D eigenvalue weighted by atomic mass is 10.3. The zero-order valence-corrected chi connectivity index (χ0v) is 9.95. The number of nitrogens with zero attached hydrogens (tertiary/aromatic N) is 2. The average Bonchev–Trinajstić information content (AvgIpc) is 2.42. The second-order valence-corrected chi connectivity index (χ2v) is 3.73. The maximum absolute atomic E-state index is 13.3. The molecule has 8 heteroatoms. The zero-order valence-electron chi connectivity index (χ0n) is 9.95. The molecule has 0 spiro atoms. The summed E-state index contributed by atoms with van der Waals surface area (Å²) in [5.74, 6) is -9.73. The van der Waals surface area contributed by atoms with Crippen molar-refractivity contribution in [3.05, 3.63) is 53.1 Å². The van der Waals surface area contributed by atoms with Gasteiger partial charge in [0.1, 0.15) is 0 Å². The minimum absolute atomic E-state index is 0.00762. The van der Waals surface area contributed by atoms with E-state index in [0.29, 0.717) is 5.69 Å². The van der Waals surface area contributed by atoms with Gasteiger partial charge in [0.15, 0.2) is 17.3 Å². The fraction of sp³-hybridized carbons (Fsp3) is 0.0833. The SMILES string of the molecule is Cc1cnc(C(=O)Oc2c(F)c(F)cc(F)c2F)cn1. The summed E-state index contributed by atoms with van der Waals surface area (Å²) in [4.78, 5) is 18.9. The smallest absolute Gasteiger partial charge is 0.364 e. The number of halogens is 4. The van der Waals surface area contributed by atoms with Crippen LogP contribution in [0.25, 0.3) is 0 Å². The van der Waals surface area contributed by atoms with Gasteiger partial charge in [-0.15, -0.1) is 0 Å². The summed E-state index contributed by atoms with van der Waals surface area (Å²) in [5, 5.41) is 0. The van der Waals surface area contributed by atoms with Crippen molar-refractivity contribution in [1.82, 2.24) is 9.97 Å². The molecule has 1 aromatic heterocycles. The Hall–Kier alpha value is -2.51. The number of carbonyl (C=O) groups is 1. The monoisotopic (exact) mass is 286 g/mol. The highest BCUT2D eigenvalue weighted by Gasteiger charge is 2.24. The molecule has 0 unspecified atom stereocenters. The van der Waals surface area contributed by atoms with E-state index in [2.05, 4.69) is 14.7 Å². The Balaban J connectivity index is 2.35. The quantitative estimate of drug-likeness (QED) is 0.368. The molecule has 1 heterocycles. The molecule has 0 aliphatic heterocycles. The molecule has 1 aromatic carbocycles. The highest BCUT2D eigenvalue weighted by Crippen LogP contribution is 2.26. The van der Waals surface area contributed by atoms with E-state index >= 15 is 0 Å². The molecule has 0 amide bonds. The van der Waals surface area contributed by atoms with Crippen LogP contribution in [0, 0.1) is 30.2 Å². The van der Waals surface area contributed by atoms with E-state index in [9.17, 15) is 22.4 Å². The lowest BCUT2D eigenvalue weighted by Gasteiger charge is -2.07. The first kappa shape index (κ1) is 13.9. The van der Waals surface area contributed by atoms with Crippen molar-refractivity contribution in [2.45, 2.75) is 6.92 Å². The van der Waals surface area contributed by atoms with Crippen molar-refractivity contribution in [2.75, 3.05) is 0 Å². The second-order valence-electron chi connectivity index (χ2n) is 3.73. The van der Waals surface area contributed by atoms with Crippen LogP contribution in [0.15, 0.2) is 18.5 Å². The molecule has 20 heavy (non-hydrogen) atoms. The van der Waals surface area contributed by atoms with Crippen LogP contribution < -0.4 is 4.74 Å². The molecule has 0 saturated heterocycles. The number of hydrogen-bond donors (Lipinski definition) is 0. The highest BCUT2D eigenvalue weighted by molar-refractivity contribution is 5.88. The van der Waals surface area contributed by atoms with E-state index in [4.69, 9.17) is 0 Å². The van der Waals surface area contributed by atoms with Gasteiger partial charge in [-0.3, -0.25) is 4.98 Å². The molecular weight excluding hydrogens is 280 g/mol. The molecule has 0 aliphatic rings. The van der Waals surface area contributed by atoms with Crippen LogP contribution in [-0.2, 0) is 0 Å². The van der Waals surface area contributed by atoms with Gasteiger partial charge in [0.2, 0.25) is 17.4 Å². The lowest BCUT2D eigenvalue weighted by Crippen LogP contribution is -2.14. The lowest BCUT2D eigenvalue weighted by molar-refractivity contribution is 0.0710. The molecule has 0 N–H and O–H groups in total. The number of rotatable bonds is 2. The van der Waals surface area contributed by atoms with Gasteiger partial charge < -0.3 is 4.74 Å². The van der Waals surface area contributed by atoms with Crippen molar-refractivity contribution in [2.24, 2.45) is 0 Å². The van der Waals surface area contributed by atoms with Gasteiger partial charge in [-0.1, -0.05) is 0 Å². The molecule has 4 nitrogen and oxygen atoms in total. The molecule has 0 aliphatic carbocycles. The van der Waals surface area contributed by atoms with Crippen molar-refractivity contribution in [3.8, 4) is 5.75 Å². The molecule has 104 valence electrons. The van der Waals surface area contributed by atoms with Crippen LogP contribution >= 0.6 is 0 Å². The Bertz CT molecular complexity index is 648. The third kappa shape index (κ3) is 2.58. The van der Waals surface area contributed by atoms with Crippen LogP contribution in [0.5, 0.6) is 5.75 Å². The van der Waals surface area contributed by atoms with E-state index in [1.165, 1.54) is 6.20 Å². The van der Waals surface area contributed by atoms with Crippen LogP contribution in [0.2, 0.25) is 0 Å². The Morgan fingerprint density at radius 3 is 2.15 bits per heavy atom. The van der Waals surface area contributed by atoms with E-state index in [0.717, 1.165) is 6.20 Å². The first-order chi connectivity index (χ1) is 9.40. The van der Waals surface area contributed by atoms with Crippen LogP contribution in [0.1, 0.15) is 16.2 Å². The number of aromatic nitrogens is 2. The van der Waals surface area contributed by atoms with Crippen molar-refractivity contribution in [1.29, 1.82) is 0 Å². The molecule has 0 bridgehead atoms. The third-order valence-electron chi connectivity index (χ3n) is 2.26. The van der Waals surface area contributed by atoms with Crippen LogP contribution in [0.3, 0.4) is 0 Å². The highest BCUT2D eigenvalue weighted by atomic mass is 19.2. The number of aryl methyl sites for hydroxylation is 1. The largest absolute Gasteiger partial charge is 0.415 e. The molecule has 0 saturated carbocycles. The summed E-state index contributed by atoms with van der Waals surface area (Å²) in [6.07, 6.45) is 2.22. The number of ether oxygens (including phenoxy) is 1. The van der Waals surface area contributed by atoms with Gasteiger partial charge in [0.25, 0.3) is 0 Å². The Labute approximate surface area is 110 Å². The van der Waals surface area contributed by atoms with E-state index < -0.39 is 35.0 Å². The first-order valence-corrected chi connectivity index (χ1v) is 5.24. The Morgan fingerprint density at radius 1 is 1.05 bits per heavy atom. The average molecular weight is 286 g/mol. The van der Waals surface area contributed by atoms with E-state index in [1.54, 1.807) is 6.92 Å².